The number of benzene rings is 1. The van der Waals surface area contributed by atoms with Crippen molar-refractivity contribution in [3.63, 3.8) is 0 Å². The minimum Gasteiger partial charge on any atom is -0.461 e. The van der Waals surface area contributed by atoms with Gasteiger partial charge < -0.3 is 19.7 Å². The van der Waals surface area contributed by atoms with Gasteiger partial charge in [0, 0.05) is 26.6 Å². The average molecular weight is 489 g/mol. The third-order valence-electron chi connectivity index (χ3n) is 6.18. The van der Waals surface area contributed by atoms with Crippen LogP contribution < -0.4 is 15.1 Å². The maximum Gasteiger partial charge on any atom is 0.414 e. The summed E-state index contributed by atoms with van der Waals surface area (Å²) in [6, 6.07) is 4.72. The fourth-order valence-corrected chi connectivity index (χ4v) is 4.37. The molecule has 0 saturated carbocycles. The number of aromatic nitrogens is 3. The van der Waals surface area contributed by atoms with Crippen LogP contribution in [0.25, 0.3) is 0 Å². The summed E-state index contributed by atoms with van der Waals surface area (Å²) >= 11 is 0. The molecule has 1 N–H and O–H groups in total. The molecule has 12 heteroatoms. The number of rotatable bonds is 8. The van der Waals surface area contributed by atoms with Gasteiger partial charge in [-0.15, -0.1) is 5.10 Å². The van der Waals surface area contributed by atoms with Crippen LogP contribution in [0.15, 0.2) is 24.4 Å². The largest absolute Gasteiger partial charge is 0.461 e. The van der Waals surface area contributed by atoms with E-state index < -0.39 is 24.0 Å². The molecule has 2 aliphatic rings. The maximum absolute atomic E-state index is 15.0. The maximum atomic E-state index is 15.0. The Labute approximate surface area is 202 Å². The Morgan fingerprint density at radius 1 is 1.29 bits per heavy atom. The van der Waals surface area contributed by atoms with E-state index in [1.165, 1.54) is 24.1 Å². The van der Waals surface area contributed by atoms with Gasteiger partial charge in [-0.3, -0.25) is 9.69 Å². The smallest absolute Gasteiger partial charge is 0.414 e. The van der Waals surface area contributed by atoms with Gasteiger partial charge in [-0.25, -0.2) is 18.7 Å². The van der Waals surface area contributed by atoms with Gasteiger partial charge >= 0.3 is 12.1 Å². The number of nitrogens with zero attached hydrogens (tertiary/aromatic N) is 5. The quantitative estimate of drug-likeness (QED) is 0.561. The lowest BCUT2D eigenvalue weighted by Crippen LogP contribution is -2.36. The van der Waals surface area contributed by atoms with Crippen molar-refractivity contribution in [1.82, 2.24) is 20.3 Å². The van der Waals surface area contributed by atoms with Crippen LogP contribution in [0.3, 0.4) is 0 Å². The SMILES string of the molecule is CCOC(=O)c1cnnn1CC1CCN(c2ccc(N3C[C@H](CNC(C)=O)OC3=O)cc2F)CC1. The number of piperidine rings is 1. The Morgan fingerprint density at radius 2 is 2.06 bits per heavy atom. The molecule has 2 aromatic rings. The first-order valence-electron chi connectivity index (χ1n) is 11.7. The third-order valence-corrected chi connectivity index (χ3v) is 6.18. The molecule has 188 valence electrons. The van der Waals surface area contributed by atoms with Gasteiger partial charge in [-0.05, 0) is 43.9 Å². The van der Waals surface area contributed by atoms with E-state index in [9.17, 15) is 14.4 Å². The van der Waals surface area contributed by atoms with E-state index in [4.69, 9.17) is 9.47 Å². The first kappa shape index (κ1) is 24.4. The zero-order valence-corrected chi connectivity index (χ0v) is 19.8. The van der Waals surface area contributed by atoms with Gasteiger partial charge in [0.15, 0.2) is 5.69 Å². The molecule has 1 atom stereocenters. The first-order chi connectivity index (χ1) is 16.9. The Balaban J connectivity index is 1.34. The molecule has 0 unspecified atom stereocenters. The van der Waals surface area contributed by atoms with Gasteiger partial charge in [-0.2, -0.15) is 0 Å². The number of anilines is 2. The average Bonchev–Trinajstić information content (AvgIpc) is 3.45. The van der Waals surface area contributed by atoms with E-state index in [1.54, 1.807) is 23.7 Å². The van der Waals surface area contributed by atoms with Crippen molar-refractivity contribution >= 4 is 29.3 Å². The van der Waals surface area contributed by atoms with Crippen molar-refractivity contribution in [3.05, 3.63) is 35.9 Å². The second-order valence-electron chi connectivity index (χ2n) is 8.64. The summed E-state index contributed by atoms with van der Waals surface area (Å²) in [4.78, 5) is 38.7. The molecule has 2 amide bonds. The van der Waals surface area contributed by atoms with Crippen LogP contribution in [0.2, 0.25) is 0 Å². The molecule has 1 aromatic heterocycles. The van der Waals surface area contributed by atoms with Crippen LogP contribution in [-0.2, 0) is 20.8 Å². The van der Waals surface area contributed by atoms with E-state index in [0.29, 0.717) is 36.7 Å². The van der Waals surface area contributed by atoms with E-state index in [0.717, 1.165) is 12.8 Å². The molecule has 0 spiro atoms. The number of esters is 1. The fraction of sp³-hybridized carbons (Fsp3) is 0.522. The molecule has 35 heavy (non-hydrogen) atoms. The molecule has 0 radical (unpaired) electrons. The van der Waals surface area contributed by atoms with Crippen molar-refractivity contribution in [2.45, 2.75) is 39.3 Å². The zero-order valence-electron chi connectivity index (χ0n) is 19.8. The highest BCUT2D eigenvalue weighted by Crippen LogP contribution is 2.31. The molecule has 3 heterocycles. The van der Waals surface area contributed by atoms with Crippen molar-refractivity contribution in [3.8, 4) is 0 Å². The van der Waals surface area contributed by atoms with Gasteiger partial charge in [0.05, 0.1) is 37.3 Å². The Bertz CT molecular complexity index is 1080. The van der Waals surface area contributed by atoms with Crippen molar-refractivity contribution in [2.75, 3.05) is 42.6 Å². The summed E-state index contributed by atoms with van der Waals surface area (Å²) in [5, 5.41) is 10.5. The van der Waals surface area contributed by atoms with E-state index in [-0.39, 0.29) is 31.5 Å². The van der Waals surface area contributed by atoms with Crippen molar-refractivity contribution in [2.24, 2.45) is 5.92 Å². The lowest BCUT2D eigenvalue weighted by atomic mass is 9.96. The molecule has 1 aromatic carbocycles. The van der Waals surface area contributed by atoms with Crippen LogP contribution in [0.4, 0.5) is 20.6 Å². The first-order valence-corrected chi connectivity index (χ1v) is 11.7. The van der Waals surface area contributed by atoms with Gasteiger partial charge in [-0.1, -0.05) is 5.21 Å². The predicted molar refractivity (Wildman–Crippen MR) is 124 cm³/mol. The molecule has 2 fully saturated rings. The van der Waals surface area contributed by atoms with E-state index in [1.807, 2.05) is 4.90 Å². The van der Waals surface area contributed by atoms with Crippen LogP contribution in [0, 0.1) is 11.7 Å². The molecule has 11 nitrogen and oxygen atoms in total. The summed E-state index contributed by atoms with van der Waals surface area (Å²) in [6.45, 7) is 5.70. The number of hydrogen-bond donors (Lipinski definition) is 1. The van der Waals surface area contributed by atoms with Crippen LogP contribution in [-0.4, -0.2) is 71.9 Å². The highest BCUT2D eigenvalue weighted by atomic mass is 19.1. The molecule has 0 aliphatic carbocycles. The van der Waals surface area contributed by atoms with Gasteiger partial charge in [0.25, 0.3) is 0 Å². The summed E-state index contributed by atoms with van der Waals surface area (Å²) in [5.41, 5.74) is 1.22. The summed E-state index contributed by atoms with van der Waals surface area (Å²) in [7, 11) is 0. The van der Waals surface area contributed by atoms with Gasteiger partial charge in [0.2, 0.25) is 5.91 Å². The van der Waals surface area contributed by atoms with E-state index >= 15 is 4.39 Å². The third kappa shape index (κ3) is 5.69. The van der Waals surface area contributed by atoms with Crippen molar-refractivity contribution in [1.29, 1.82) is 0 Å². The van der Waals surface area contributed by atoms with Crippen molar-refractivity contribution < 1.29 is 28.2 Å². The fourth-order valence-electron chi connectivity index (χ4n) is 4.37. The summed E-state index contributed by atoms with van der Waals surface area (Å²) in [5.74, 6) is -0.803. The highest BCUT2D eigenvalue weighted by Gasteiger charge is 2.33. The number of carbonyl (C=O) groups excluding carboxylic acids is 3. The zero-order chi connectivity index (χ0) is 24.9. The normalized spacial score (nSPS) is 18.5. The monoisotopic (exact) mass is 488 g/mol. The molecule has 4 rings (SSSR count). The summed E-state index contributed by atoms with van der Waals surface area (Å²) < 4.78 is 26.9. The predicted octanol–water partition coefficient (Wildman–Crippen LogP) is 1.97. The number of carbonyl (C=O) groups is 3. The minimum atomic E-state index is -0.566. The molecule has 0 bridgehead atoms. The topological polar surface area (TPSA) is 119 Å². The van der Waals surface area contributed by atoms with Crippen LogP contribution in [0.1, 0.15) is 37.2 Å². The second kappa shape index (κ2) is 10.7. The number of hydrogen-bond acceptors (Lipinski definition) is 8. The van der Waals surface area contributed by atoms with Gasteiger partial charge in [0.1, 0.15) is 11.9 Å². The molecule has 2 aliphatic heterocycles. The molecular weight excluding hydrogens is 459 g/mol. The van der Waals surface area contributed by atoms with Crippen LogP contribution >= 0.6 is 0 Å². The highest BCUT2D eigenvalue weighted by molar-refractivity contribution is 5.90. The minimum absolute atomic E-state index is 0.209. The molecule has 2 saturated heterocycles. The Morgan fingerprint density at radius 3 is 2.74 bits per heavy atom. The number of halogens is 1. The number of amides is 2. The lowest BCUT2D eigenvalue weighted by molar-refractivity contribution is -0.119. The Hall–Kier alpha value is -3.70. The summed E-state index contributed by atoms with van der Waals surface area (Å²) in [6.07, 6.45) is 1.95. The lowest BCUT2D eigenvalue weighted by Gasteiger charge is -2.34. The van der Waals surface area contributed by atoms with Crippen LogP contribution in [0.5, 0.6) is 0 Å². The Kier molecular flexibility index (Phi) is 7.47. The number of nitrogens with one attached hydrogen (secondary N) is 1. The second-order valence-corrected chi connectivity index (χ2v) is 8.64. The number of ether oxygens (including phenoxy) is 2. The number of cyclic esters (lactones) is 1. The standard InChI is InChI=1S/C23H29FN6O5/c1-3-34-22(32)21-12-26-27-30(21)13-16-6-8-28(9-7-16)20-5-4-17(10-19(20)24)29-14-18(35-23(29)33)11-25-15(2)31/h4-5,10,12,16,18H,3,6-9,11,13-14H2,1-2H3,(H,25,31)/t18-/m0/s1. The molecular formula is C23H29FN6O5. The van der Waals surface area contributed by atoms with E-state index in [2.05, 4.69) is 15.6 Å².